The predicted octanol–water partition coefficient (Wildman–Crippen LogP) is -1.41. The Morgan fingerprint density at radius 1 is 1.38 bits per heavy atom. The summed E-state index contributed by atoms with van der Waals surface area (Å²) in [5.74, 6) is 3.57. The van der Waals surface area contributed by atoms with Crippen molar-refractivity contribution in [2.24, 2.45) is 5.84 Å². The van der Waals surface area contributed by atoms with Crippen LogP contribution in [0.3, 0.4) is 0 Å². The summed E-state index contributed by atoms with van der Waals surface area (Å²) in [5, 5.41) is 12.6. The first-order valence-electron chi connectivity index (χ1n) is 5.33. The quantitative estimate of drug-likeness (QED) is 0.261. The van der Waals surface area contributed by atoms with Gasteiger partial charge in [0.2, 0.25) is 11.8 Å². The number of thiophene rings is 1. The minimum atomic E-state index is -4.20. The Morgan fingerprint density at radius 2 is 1.95 bits per heavy atom. The van der Waals surface area contributed by atoms with Crippen LogP contribution in [0.2, 0.25) is 0 Å². The lowest BCUT2D eigenvalue weighted by Gasteiger charge is -2.23. The first-order valence-corrected chi connectivity index (χ1v) is 7.59. The summed E-state index contributed by atoms with van der Waals surface area (Å²) >= 11 is 0.540. The number of amides is 2. The number of imide groups is 1. The second-order valence-corrected chi connectivity index (χ2v) is 7.14. The SMILES string of the molecule is NNc1sc(S(=O)(=O)N2CC(=O)NC(=O)C2)cc1[N+](=O)[O-]. The Kier molecular flexibility index (Phi) is 3.91. The fraction of sp³-hybridized carbons (Fsp3) is 0.250. The zero-order valence-corrected chi connectivity index (χ0v) is 11.9. The molecule has 0 aromatic carbocycles. The number of hydrogen-bond donors (Lipinski definition) is 3. The minimum Gasteiger partial charge on any atom is -0.310 e. The molecule has 1 aromatic heterocycles. The third kappa shape index (κ3) is 2.85. The topological polar surface area (TPSA) is 165 Å². The average molecular weight is 335 g/mol. The van der Waals surface area contributed by atoms with E-state index in [1.54, 1.807) is 0 Å². The highest BCUT2D eigenvalue weighted by Crippen LogP contribution is 2.37. The van der Waals surface area contributed by atoms with Gasteiger partial charge in [-0.1, -0.05) is 11.3 Å². The van der Waals surface area contributed by atoms with Gasteiger partial charge in [-0.3, -0.25) is 25.0 Å². The van der Waals surface area contributed by atoms with Crippen LogP contribution in [-0.2, 0) is 19.6 Å². The molecule has 4 N–H and O–H groups in total. The molecule has 1 aliphatic rings. The van der Waals surface area contributed by atoms with Crippen molar-refractivity contribution in [3.8, 4) is 0 Å². The molecule has 13 heteroatoms. The van der Waals surface area contributed by atoms with Crippen molar-refractivity contribution in [1.82, 2.24) is 9.62 Å². The predicted molar refractivity (Wildman–Crippen MR) is 70.7 cm³/mol. The maximum absolute atomic E-state index is 12.3. The largest absolute Gasteiger partial charge is 0.310 e. The number of rotatable bonds is 4. The highest BCUT2D eigenvalue weighted by Gasteiger charge is 2.36. The van der Waals surface area contributed by atoms with Crippen LogP contribution in [0.4, 0.5) is 10.7 Å². The van der Waals surface area contributed by atoms with Crippen LogP contribution in [0.15, 0.2) is 10.3 Å². The lowest BCUT2D eigenvalue weighted by atomic mass is 10.4. The summed E-state index contributed by atoms with van der Waals surface area (Å²) in [6.45, 7) is -1.07. The molecular formula is C8H9N5O6S2. The van der Waals surface area contributed by atoms with Crippen molar-refractivity contribution in [3.05, 3.63) is 16.2 Å². The third-order valence-corrected chi connectivity index (χ3v) is 5.83. The molecule has 1 fully saturated rings. The number of hydrazine groups is 1. The van der Waals surface area contributed by atoms with Crippen LogP contribution in [0.5, 0.6) is 0 Å². The number of carbonyl (C=O) groups excluding carboxylic acids is 2. The molecule has 0 saturated carbocycles. The molecule has 1 saturated heterocycles. The number of anilines is 1. The smallest absolute Gasteiger partial charge is 0.306 e. The molecule has 0 atom stereocenters. The van der Waals surface area contributed by atoms with Gasteiger partial charge in [0.05, 0.1) is 18.0 Å². The number of nitro groups is 1. The summed E-state index contributed by atoms with van der Waals surface area (Å²) in [6, 6.07) is 0.826. The van der Waals surface area contributed by atoms with Crippen molar-refractivity contribution in [2.45, 2.75) is 4.21 Å². The Morgan fingerprint density at radius 3 is 2.38 bits per heavy atom. The molecule has 11 nitrogen and oxygen atoms in total. The maximum Gasteiger partial charge on any atom is 0.306 e. The molecule has 21 heavy (non-hydrogen) atoms. The zero-order chi connectivity index (χ0) is 15.8. The Hall–Kier alpha value is -2.09. The summed E-state index contributed by atoms with van der Waals surface area (Å²) in [7, 11) is -4.20. The van der Waals surface area contributed by atoms with E-state index in [1.165, 1.54) is 0 Å². The molecule has 1 aromatic rings. The average Bonchev–Trinajstić information content (AvgIpc) is 2.82. The van der Waals surface area contributed by atoms with Gasteiger partial charge in [-0.15, -0.1) is 0 Å². The molecule has 1 aliphatic heterocycles. The van der Waals surface area contributed by atoms with E-state index in [4.69, 9.17) is 5.84 Å². The van der Waals surface area contributed by atoms with E-state index >= 15 is 0 Å². The fourth-order valence-corrected chi connectivity index (χ4v) is 4.38. The van der Waals surface area contributed by atoms with E-state index in [0.29, 0.717) is 15.6 Å². The molecule has 2 rings (SSSR count). The molecular weight excluding hydrogens is 326 g/mol. The molecule has 114 valence electrons. The van der Waals surface area contributed by atoms with E-state index in [1.807, 2.05) is 10.7 Å². The second kappa shape index (κ2) is 5.36. The van der Waals surface area contributed by atoms with Gasteiger partial charge in [0.15, 0.2) is 5.00 Å². The van der Waals surface area contributed by atoms with Crippen LogP contribution in [0.1, 0.15) is 0 Å². The Balaban J connectivity index is 2.42. The van der Waals surface area contributed by atoms with Crippen LogP contribution >= 0.6 is 11.3 Å². The van der Waals surface area contributed by atoms with E-state index in [-0.39, 0.29) is 9.21 Å². The maximum atomic E-state index is 12.3. The lowest BCUT2D eigenvalue weighted by Crippen LogP contribution is -2.53. The first-order chi connectivity index (χ1) is 9.75. The molecule has 0 bridgehead atoms. The fourth-order valence-electron chi connectivity index (χ4n) is 1.63. The summed E-state index contributed by atoms with van der Waals surface area (Å²) in [4.78, 5) is 32.4. The molecule has 2 amide bonds. The number of nitrogens with two attached hydrogens (primary N) is 1. The van der Waals surface area contributed by atoms with E-state index in [9.17, 15) is 28.1 Å². The third-order valence-electron chi connectivity index (χ3n) is 2.53. The molecule has 0 unspecified atom stereocenters. The van der Waals surface area contributed by atoms with Crippen molar-refractivity contribution in [3.63, 3.8) is 0 Å². The Labute approximate surface area is 121 Å². The summed E-state index contributed by atoms with van der Waals surface area (Å²) in [5.41, 5.74) is 1.53. The van der Waals surface area contributed by atoms with Crippen LogP contribution in [0.25, 0.3) is 0 Å². The van der Waals surface area contributed by atoms with Gasteiger partial charge in [-0.25, -0.2) is 14.3 Å². The molecule has 0 aliphatic carbocycles. The number of carbonyl (C=O) groups is 2. The van der Waals surface area contributed by atoms with Gasteiger partial charge in [-0.05, 0) is 0 Å². The van der Waals surface area contributed by atoms with Gasteiger partial charge >= 0.3 is 5.69 Å². The summed E-state index contributed by atoms with van der Waals surface area (Å²) < 4.78 is 24.8. The monoisotopic (exact) mass is 335 g/mol. The van der Waals surface area contributed by atoms with Crippen molar-refractivity contribution < 1.29 is 22.9 Å². The number of hydrogen-bond acceptors (Lipinski definition) is 9. The van der Waals surface area contributed by atoms with E-state index < -0.39 is 45.5 Å². The van der Waals surface area contributed by atoms with Gasteiger partial charge in [-0.2, -0.15) is 4.31 Å². The number of nitrogen functional groups attached to an aromatic ring is 1. The normalized spacial score (nSPS) is 16.6. The van der Waals surface area contributed by atoms with Crippen LogP contribution in [0, 0.1) is 10.1 Å². The number of nitrogens with zero attached hydrogens (tertiary/aromatic N) is 2. The van der Waals surface area contributed by atoms with Gasteiger partial charge in [0, 0.05) is 6.07 Å². The van der Waals surface area contributed by atoms with E-state index in [2.05, 4.69) is 0 Å². The van der Waals surface area contributed by atoms with Crippen molar-refractivity contribution in [2.75, 3.05) is 18.5 Å². The summed E-state index contributed by atoms with van der Waals surface area (Å²) in [6.07, 6.45) is 0. The standard InChI is InChI=1S/C8H9N5O6S2/c9-11-8-4(13(16)17)1-7(20-8)21(18,19)12-2-5(14)10-6(15)3-12/h1,11H,2-3,9H2,(H,10,14,15). The van der Waals surface area contributed by atoms with Crippen LogP contribution in [-0.4, -0.2) is 42.6 Å². The second-order valence-electron chi connectivity index (χ2n) is 3.93. The number of sulfonamides is 1. The van der Waals surface area contributed by atoms with Crippen LogP contribution < -0.4 is 16.6 Å². The molecule has 2 heterocycles. The molecule has 0 radical (unpaired) electrons. The minimum absolute atomic E-state index is 0.147. The highest BCUT2D eigenvalue weighted by atomic mass is 32.2. The number of piperazine rings is 1. The van der Waals surface area contributed by atoms with Crippen molar-refractivity contribution in [1.29, 1.82) is 0 Å². The number of nitrogens with one attached hydrogen (secondary N) is 2. The Bertz CT molecular complexity index is 710. The zero-order valence-electron chi connectivity index (χ0n) is 10.2. The van der Waals surface area contributed by atoms with Gasteiger partial charge in [0.1, 0.15) is 4.21 Å². The highest BCUT2D eigenvalue weighted by molar-refractivity contribution is 7.91. The molecule has 0 spiro atoms. The van der Waals surface area contributed by atoms with Gasteiger partial charge in [0.25, 0.3) is 10.0 Å². The lowest BCUT2D eigenvalue weighted by molar-refractivity contribution is -0.383. The van der Waals surface area contributed by atoms with Crippen molar-refractivity contribution >= 4 is 43.9 Å². The first kappa shape index (κ1) is 15.3. The van der Waals surface area contributed by atoms with Gasteiger partial charge < -0.3 is 5.43 Å². The van der Waals surface area contributed by atoms with E-state index in [0.717, 1.165) is 6.07 Å².